The molecule has 16 heavy (non-hydrogen) atoms. The Balaban J connectivity index is 2.76. The summed E-state index contributed by atoms with van der Waals surface area (Å²) in [5.74, 6) is -0.425. The lowest BCUT2D eigenvalue weighted by molar-refractivity contribution is -0.456. The van der Waals surface area contributed by atoms with Crippen molar-refractivity contribution in [2.75, 3.05) is 7.11 Å². The third kappa shape index (κ3) is 3.41. The fourth-order valence-electron chi connectivity index (χ4n) is 1.01. The molecule has 0 amide bonds. The van der Waals surface area contributed by atoms with Crippen LogP contribution in [0.15, 0.2) is 29.4 Å². The Bertz CT molecular complexity index is 419. The topological polar surface area (TPSA) is 105 Å². The highest BCUT2D eigenvalue weighted by Crippen LogP contribution is 2.02. The van der Waals surface area contributed by atoms with Crippen LogP contribution in [-0.4, -0.2) is 25.3 Å². The Morgan fingerprint density at radius 1 is 1.38 bits per heavy atom. The zero-order valence-electron chi connectivity index (χ0n) is 8.81. The first-order valence-electron chi connectivity index (χ1n) is 4.49. The summed E-state index contributed by atoms with van der Waals surface area (Å²) in [6, 6.07) is 6.77. The third-order valence-corrected chi connectivity index (χ3v) is 1.76. The minimum absolute atomic E-state index is 0.0533. The van der Waals surface area contributed by atoms with Gasteiger partial charge in [0.1, 0.15) is 0 Å². The number of hydrazone groups is 1. The molecular weight excluding hydrogens is 208 g/mol. The maximum absolute atomic E-state index is 11.1. The minimum atomic E-state index is -0.372. The molecule has 0 aliphatic rings. The second-order valence-electron chi connectivity index (χ2n) is 2.92. The average Bonchev–Trinajstić information content (AvgIpc) is 2.28. The van der Waals surface area contributed by atoms with E-state index in [0.29, 0.717) is 5.56 Å². The van der Waals surface area contributed by atoms with E-state index in [9.17, 15) is 4.79 Å². The number of nitrogens with zero attached hydrogens (tertiary/aromatic N) is 1. The van der Waals surface area contributed by atoms with Crippen molar-refractivity contribution in [2.45, 2.75) is 0 Å². The molecule has 0 radical (unpaired) electrons. The molecule has 0 aromatic heterocycles. The van der Waals surface area contributed by atoms with Crippen molar-refractivity contribution < 1.29 is 14.6 Å². The third-order valence-electron chi connectivity index (χ3n) is 1.76. The summed E-state index contributed by atoms with van der Waals surface area (Å²) in [6.07, 6.45) is 1.60. The van der Waals surface area contributed by atoms with Gasteiger partial charge in [0.15, 0.2) is 0 Å². The maximum Gasteiger partial charge on any atom is 0.337 e. The van der Waals surface area contributed by atoms with Gasteiger partial charge in [-0.2, -0.15) is 0 Å². The van der Waals surface area contributed by atoms with Crippen molar-refractivity contribution in [3.63, 3.8) is 0 Å². The fraction of sp³-hybridized carbons (Fsp3) is 0.100. The van der Waals surface area contributed by atoms with Crippen LogP contribution >= 0.6 is 0 Å². The summed E-state index contributed by atoms with van der Waals surface area (Å²) in [4.78, 5) is 11.1. The molecule has 0 fully saturated rings. The summed E-state index contributed by atoms with van der Waals surface area (Å²) in [7, 11) is 1.34. The van der Waals surface area contributed by atoms with Crippen molar-refractivity contribution in [1.29, 1.82) is 0 Å². The number of guanidine groups is 1. The van der Waals surface area contributed by atoms with E-state index in [1.165, 1.54) is 7.11 Å². The molecule has 84 valence electrons. The van der Waals surface area contributed by atoms with E-state index < -0.39 is 0 Å². The quantitative estimate of drug-likeness (QED) is 0.241. The molecule has 0 aliphatic carbocycles. The lowest BCUT2D eigenvalue weighted by atomic mass is 10.1. The van der Waals surface area contributed by atoms with E-state index >= 15 is 0 Å². The molecule has 0 spiro atoms. The first-order valence-corrected chi connectivity index (χ1v) is 4.49. The minimum Gasteiger partial charge on any atom is -0.465 e. The Morgan fingerprint density at radius 2 is 2.00 bits per heavy atom. The number of carbonyl (C=O) groups excluding carboxylic acids is 1. The number of hydrogen-bond donors (Lipinski definition) is 3. The summed E-state index contributed by atoms with van der Waals surface area (Å²) < 4.78 is 4.57. The van der Waals surface area contributed by atoms with Crippen LogP contribution in [0.1, 0.15) is 15.9 Å². The average molecular weight is 221 g/mol. The molecule has 5 N–H and O–H groups in total. The number of esters is 1. The van der Waals surface area contributed by atoms with Gasteiger partial charge in [-0.3, -0.25) is 0 Å². The molecule has 0 aliphatic heterocycles. The van der Waals surface area contributed by atoms with E-state index in [0.717, 1.165) is 5.56 Å². The van der Waals surface area contributed by atoms with Gasteiger partial charge in [-0.15, -0.1) is 5.10 Å². The summed E-state index contributed by atoms with van der Waals surface area (Å²) in [5, 5.41) is 6.13. The normalized spacial score (nSPS) is 10.1. The number of benzene rings is 1. The summed E-state index contributed by atoms with van der Waals surface area (Å²) in [6.45, 7) is 0. The number of carbonyl (C=O) groups is 1. The molecule has 0 saturated heterocycles. The molecular formula is C10H13N4O2+. The van der Waals surface area contributed by atoms with Gasteiger partial charge in [0.25, 0.3) is 5.96 Å². The predicted octanol–water partition coefficient (Wildman–Crippen LogP) is -1.84. The van der Waals surface area contributed by atoms with E-state index in [4.69, 9.17) is 11.5 Å². The number of hydrogen-bond acceptors (Lipinski definition) is 3. The summed E-state index contributed by atoms with van der Waals surface area (Å²) >= 11 is 0. The highest BCUT2D eigenvalue weighted by atomic mass is 16.5. The van der Waals surface area contributed by atoms with Gasteiger partial charge in [0, 0.05) is 10.7 Å². The Kier molecular flexibility index (Phi) is 4.02. The zero-order valence-corrected chi connectivity index (χ0v) is 8.81. The van der Waals surface area contributed by atoms with Crippen molar-refractivity contribution in [2.24, 2.45) is 16.6 Å². The predicted molar refractivity (Wildman–Crippen MR) is 59.7 cm³/mol. The fourth-order valence-corrected chi connectivity index (χ4v) is 1.01. The number of nitrogens with two attached hydrogens (primary N) is 2. The van der Waals surface area contributed by atoms with E-state index in [1.54, 1.807) is 30.5 Å². The van der Waals surface area contributed by atoms with E-state index in [1.807, 2.05) is 0 Å². The lowest BCUT2D eigenvalue weighted by Gasteiger charge is -1.97. The van der Waals surface area contributed by atoms with E-state index in [2.05, 4.69) is 14.9 Å². The van der Waals surface area contributed by atoms with Crippen LogP contribution in [-0.2, 0) is 4.74 Å². The Morgan fingerprint density at radius 3 is 2.50 bits per heavy atom. The second-order valence-corrected chi connectivity index (χ2v) is 2.92. The van der Waals surface area contributed by atoms with Gasteiger partial charge in [-0.05, 0) is 24.3 Å². The molecule has 6 heteroatoms. The smallest absolute Gasteiger partial charge is 0.337 e. The van der Waals surface area contributed by atoms with Gasteiger partial charge < -0.3 is 16.2 Å². The largest absolute Gasteiger partial charge is 0.465 e. The Labute approximate surface area is 92.6 Å². The highest BCUT2D eigenvalue weighted by Gasteiger charge is 2.03. The molecule has 1 rings (SSSR count). The van der Waals surface area contributed by atoms with Gasteiger partial charge in [-0.25, -0.2) is 4.79 Å². The van der Waals surface area contributed by atoms with Crippen molar-refractivity contribution in [1.82, 2.24) is 0 Å². The maximum atomic E-state index is 11.1. The summed E-state index contributed by atoms with van der Waals surface area (Å²) in [5.41, 5.74) is 11.6. The molecule has 1 aromatic carbocycles. The molecule has 0 atom stereocenters. The molecule has 0 heterocycles. The first-order chi connectivity index (χ1) is 7.63. The lowest BCUT2D eigenvalue weighted by Crippen LogP contribution is -2.63. The van der Waals surface area contributed by atoms with Crippen molar-refractivity contribution >= 4 is 18.1 Å². The molecule has 0 saturated carbocycles. The second kappa shape index (κ2) is 5.50. The molecule has 0 bridgehead atoms. The van der Waals surface area contributed by atoms with Gasteiger partial charge in [0.2, 0.25) is 6.21 Å². The van der Waals surface area contributed by atoms with Crippen LogP contribution in [0.3, 0.4) is 0 Å². The molecule has 6 nitrogen and oxygen atoms in total. The zero-order chi connectivity index (χ0) is 12.0. The standard InChI is InChI=1S/C10H12N4O2/c1-16-9(15)8-4-2-7(3-5-8)6-13-14-10(11)12/h2-6H,1H3,(H4,11,12,14)/p+1/b13-6-. The number of rotatable bonds is 3. The van der Waals surface area contributed by atoms with Gasteiger partial charge in [-0.1, -0.05) is 0 Å². The number of nitrogens with one attached hydrogen (secondary N) is 1. The number of ether oxygens (including phenoxy) is 1. The van der Waals surface area contributed by atoms with Crippen LogP contribution in [0, 0.1) is 0 Å². The van der Waals surface area contributed by atoms with Gasteiger partial charge in [0.05, 0.1) is 12.7 Å². The van der Waals surface area contributed by atoms with Crippen LogP contribution in [0.25, 0.3) is 0 Å². The molecule has 0 unspecified atom stereocenters. The van der Waals surface area contributed by atoms with Crippen LogP contribution in [0.4, 0.5) is 0 Å². The SMILES string of the molecule is COC(=O)c1ccc(/C=[NH+]\N=C(N)N)cc1. The van der Waals surface area contributed by atoms with Crippen LogP contribution < -0.4 is 16.6 Å². The first kappa shape index (κ1) is 11.7. The van der Waals surface area contributed by atoms with Crippen molar-refractivity contribution in [3.05, 3.63) is 35.4 Å². The monoisotopic (exact) mass is 221 g/mol. The Hall–Kier alpha value is -2.37. The molecule has 1 aromatic rings. The van der Waals surface area contributed by atoms with Crippen LogP contribution in [0.2, 0.25) is 0 Å². The van der Waals surface area contributed by atoms with Crippen LogP contribution in [0.5, 0.6) is 0 Å². The number of methoxy groups -OCH3 is 1. The van der Waals surface area contributed by atoms with E-state index in [-0.39, 0.29) is 11.9 Å². The van der Waals surface area contributed by atoms with Gasteiger partial charge >= 0.3 is 5.97 Å². The van der Waals surface area contributed by atoms with Crippen molar-refractivity contribution in [3.8, 4) is 0 Å². The highest BCUT2D eigenvalue weighted by molar-refractivity contribution is 5.90.